The molecule has 2 fully saturated rings. The third kappa shape index (κ3) is 2.49. The average molecular weight is 211 g/mol. The largest absolute Gasteiger partial charge is 0.336 e. The van der Waals surface area contributed by atoms with Crippen molar-refractivity contribution < 1.29 is 4.79 Å². The highest BCUT2D eigenvalue weighted by Crippen LogP contribution is 2.30. The quantitative estimate of drug-likeness (QED) is 0.687. The number of nitrogens with one attached hydrogen (secondary N) is 1. The molecule has 1 atom stereocenters. The van der Waals surface area contributed by atoms with E-state index >= 15 is 0 Å². The van der Waals surface area contributed by atoms with E-state index in [0.717, 1.165) is 26.1 Å². The van der Waals surface area contributed by atoms with Crippen LogP contribution in [0.3, 0.4) is 0 Å². The number of rotatable bonds is 3. The smallest absolute Gasteiger partial charge is 0.223 e. The number of nitrogens with two attached hydrogens (primary N) is 1. The van der Waals surface area contributed by atoms with Crippen molar-refractivity contribution in [2.24, 2.45) is 11.7 Å². The van der Waals surface area contributed by atoms with E-state index in [2.05, 4.69) is 5.32 Å². The van der Waals surface area contributed by atoms with Crippen molar-refractivity contribution in [3.8, 4) is 0 Å². The summed E-state index contributed by atoms with van der Waals surface area (Å²) in [6.07, 6.45) is 4.53. The van der Waals surface area contributed by atoms with Crippen LogP contribution in [0.1, 0.15) is 25.7 Å². The fourth-order valence-corrected chi connectivity index (χ4v) is 2.36. The van der Waals surface area contributed by atoms with Crippen molar-refractivity contribution in [1.82, 2.24) is 10.2 Å². The van der Waals surface area contributed by atoms with E-state index < -0.39 is 0 Å². The van der Waals surface area contributed by atoms with Crippen LogP contribution in [-0.2, 0) is 4.79 Å². The maximum atomic E-state index is 12.0. The fraction of sp³-hybridized carbons (Fsp3) is 0.909. The number of amides is 1. The lowest BCUT2D eigenvalue weighted by atomic mass is 9.82. The Morgan fingerprint density at radius 2 is 2.27 bits per heavy atom. The second-order valence-corrected chi connectivity index (χ2v) is 4.68. The Balaban J connectivity index is 1.85. The van der Waals surface area contributed by atoms with Gasteiger partial charge >= 0.3 is 0 Å². The molecular weight excluding hydrogens is 190 g/mol. The first kappa shape index (κ1) is 10.9. The molecule has 0 bridgehead atoms. The van der Waals surface area contributed by atoms with Gasteiger partial charge in [-0.1, -0.05) is 6.42 Å². The van der Waals surface area contributed by atoms with Crippen LogP contribution in [0.4, 0.5) is 0 Å². The summed E-state index contributed by atoms with van der Waals surface area (Å²) in [5.41, 5.74) is 5.67. The molecule has 1 saturated carbocycles. The zero-order valence-electron chi connectivity index (χ0n) is 9.24. The predicted molar refractivity (Wildman–Crippen MR) is 59.4 cm³/mol. The molecule has 1 amide bonds. The monoisotopic (exact) mass is 211 g/mol. The van der Waals surface area contributed by atoms with Gasteiger partial charge in [-0.05, 0) is 18.8 Å². The Hall–Kier alpha value is -0.610. The van der Waals surface area contributed by atoms with E-state index in [0.29, 0.717) is 18.4 Å². The standard InChI is InChI=1S/C11H21N3O/c12-7-10-8-13-4-5-14(10)11(15)6-9-2-1-3-9/h9-10,13H,1-8,12H2. The number of nitrogens with zero attached hydrogens (tertiary/aromatic N) is 1. The topological polar surface area (TPSA) is 58.4 Å². The lowest BCUT2D eigenvalue weighted by Crippen LogP contribution is -2.56. The molecule has 1 unspecified atom stereocenters. The maximum Gasteiger partial charge on any atom is 0.223 e. The van der Waals surface area contributed by atoms with Crippen LogP contribution in [0.5, 0.6) is 0 Å². The first-order valence-corrected chi connectivity index (χ1v) is 6.01. The lowest BCUT2D eigenvalue weighted by Gasteiger charge is -2.37. The third-order valence-electron chi connectivity index (χ3n) is 3.63. The van der Waals surface area contributed by atoms with Crippen LogP contribution < -0.4 is 11.1 Å². The fourth-order valence-electron chi connectivity index (χ4n) is 2.36. The normalized spacial score (nSPS) is 27.5. The molecule has 0 radical (unpaired) electrons. The van der Waals surface area contributed by atoms with Crippen LogP contribution in [0.2, 0.25) is 0 Å². The minimum Gasteiger partial charge on any atom is -0.336 e. The molecule has 4 nitrogen and oxygen atoms in total. The van der Waals surface area contributed by atoms with E-state index in [1.807, 2.05) is 4.90 Å². The van der Waals surface area contributed by atoms with Crippen molar-refractivity contribution in [1.29, 1.82) is 0 Å². The molecule has 86 valence electrons. The predicted octanol–water partition coefficient (Wildman–Crippen LogP) is -0.0643. The lowest BCUT2D eigenvalue weighted by molar-refractivity contribution is -0.135. The van der Waals surface area contributed by atoms with Gasteiger partial charge in [-0.3, -0.25) is 4.79 Å². The highest BCUT2D eigenvalue weighted by atomic mass is 16.2. The van der Waals surface area contributed by atoms with Crippen LogP contribution in [0.15, 0.2) is 0 Å². The molecule has 1 aliphatic heterocycles. The average Bonchev–Trinajstić information content (AvgIpc) is 2.23. The Morgan fingerprint density at radius 3 is 2.87 bits per heavy atom. The molecule has 1 heterocycles. The highest BCUT2D eigenvalue weighted by molar-refractivity contribution is 5.77. The Kier molecular flexibility index (Phi) is 3.59. The molecule has 0 spiro atoms. The van der Waals surface area contributed by atoms with E-state index in [1.54, 1.807) is 0 Å². The highest BCUT2D eigenvalue weighted by Gasteiger charge is 2.28. The van der Waals surface area contributed by atoms with E-state index in [1.165, 1.54) is 19.3 Å². The molecule has 2 rings (SSSR count). The molecule has 1 aliphatic carbocycles. The van der Waals surface area contributed by atoms with Gasteiger partial charge in [-0.25, -0.2) is 0 Å². The van der Waals surface area contributed by atoms with Gasteiger partial charge in [0.2, 0.25) is 5.91 Å². The molecule has 15 heavy (non-hydrogen) atoms. The summed E-state index contributed by atoms with van der Waals surface area (Å²) in [5, 5.41) is 3.28. The number of carbonyl (C=O) groups excluding carboxylic acids is 1. The summed E-state index contributed by atoms with van der Waals surface area (Å²) in [6.45, 7) is 3.16. The second kappa shape index (κ2) is 4.94. The Bertz CT molecular complexity index is 228. The minimum atomic E-state index is 0.214. The number of hydrogen-bond acceptors (Lipinski definition) is 3. The summed E-state index contributed by atoms with van der Waals surface area (Å²) in [4.78, 5) is 14.0. The van der Waals surface area contributed by atoms with Gasteiger partial charge in [-0.15, -0.1) is 0 Å². The molecule has 4 heteroatoms. The van der Waals surface area contributed by atoms with Gasteiger partial charge < -0.3 is 16.0 Å². The molecule has 0 aromatic carbocycles. The van der Waals surface area contributed by atoms with Crippen LogP contribution >= 0.6 is 0 Å². The first-order chi connectivity index (χ1) is 7.31. The van der Waals surface area contributed by atoms with Crippen molar-refractivity contribution in [3.05, 3.63) is 0 Å². The van der Waals surface area contributed by atoms with Crippen LogP contribution in [-0.4, -0.2) is 43.0 Å². The van der Waals surface area contributed by atoms with Gasteiger partial charge in [0, 0.05) is 32.6 Å². The SMILES string of the molecule is NCC1CNCCN1C(=O)CC1CCC1. The first-order valence-electron chi connectivity index (χ1n) is 6.01. The molecule has 2 aliphatic rings. The van der Waals surface area contributed by atoms with E-state index in [-0.39, 0.29) is 6.04 Å². The molecule has 3 N–H and O–H groups in total. The number of piperazine rings is 1. The second-order valence-electron chi connectivity index (χ2n) is 4.68. The summed E-state index contributed by atoms with van der Waals surface area (Å²) in [6, 6.07) is 0.214. The maximum absolute atomic E-state index is 12.0. The summed E-state index contributed by atoms with van der Waals surface area (Å²) in [5.74, 6) is 0.975. The zero-order valence-corrected chi connectivity index (χ0v) is 9.24. The Labute approximate surface area is 91.2 Å². The third-order valence-corrected chi connectivity index (χ3v) is 3.63. The summed E-state index contributed by atoms with van der Waals surface area (Å²) >= 11 is 0. The van der Waals surface area contributed by atoms with Gasteiger partial charge in [0.15, 0.2) is 0 Å². The van der Waals surface area contributed by atoms with E-state index in [9.17, 15) is 4.79 Å². The molecule has 0 aromatic rings. The van der Waals surface area contributed by atoms with Crippen molar-refractivity contribution in [2.45, 2.75) is 31.7 Å². The van der Waals surface area contributed by atoms with Gasteiger partial charge in [0.1, 0.15) is 0 Å². The van der Waals surface area contributed by atoms with Crippen molar-refractivity contribution in [2.75, 3.05) is 26.2 Å². The summed E-state index contributed by atoms with van der Waals surface area (Å²) < 4.78 is 0. The molecule has 0 aromatic heterocycles. The summed E-state index contributed by atoms with van der Waals surface area (Å²) in [7, 11) is 0. The molecular formula is C11H21N3O. The Morgan fingerprint density at radius 1 is 1.47 bits per heavy atom. The van der Waals surface area contributed by atoms with Gasteiger partial charge in [0.25, 0.3) is 0 Å². The van der Waals surface area contributed by atoms with Gasteiger partial charge in [-0.2, -0.15) is 0 Å². The minimum absolute atomic E-state index is 0.214. The van der Waals surface area contributed by atoms with Crippen molar-refractivity contribution >= 4 is 5.91 Å². The molecule has 1 saturated heterocycles. The van der Waals surface area contributed by atoms with E-state index in [4.69, 9.17) is 5.73 Å². The van der Waals surface area contributed by atoms with Crippen LogP contribution in [0, 0.1) is 5.92 Å². The number of carbonyl (C=O) groups is 1. The van der Waals surface area contributed by atoms with Crippen LogP contribution in [0.25, 0.3) is 0 Å². The van der Waals surface area contributed by atoms with Gasteiger partial charge in [0.05, 0.1) is 6.04 Å². The van der Waals surface area contributed by atoms with Crippen molar-refractivity contribution in [3.63, 3.8) is 0 Å². The number of hydrogen-bond donors (Lipinski definition) is 2. The zero-order chi connectivity index (χ0) is 10.7.